The van der Waals surface area contributed by atoms with Gasteiger partial charge < -0.3 is 4.74 Å². The van der Waals surface area contributed by atoms with Crippen molar-refractivity contribution in [3.63, 3.8) is 0 Å². The summed E-state index contributed by atoms with van der Waals surface area (Å²) in [5.41, 5.74) is -0.219. The molecule has 0 amide bonds. The molecule has 1 aromatic rings. The zero-order valence-corrected chi connectivity index (χ0v) is 7.99. The van der Waals surface area contributed by atoms with E-state index in [0.717, 1.165) is 12.5 Å². The van der Waals surface area contributed by atoms with Gasteiger partial charge in [0, 0.05) is 5.38 Å². The van der Waals surface area contributed by atoms with E-state index in [4.69, 9.17) is 0 Å². The minimum atomic E-state index is -4.82. The maximum Gasteiger partial charge on any atom is 0.359 e. The molecule has 72 valence electrons. The summed E-state index contributed by atoms with van der Waals surface area (Å²) in [5, 5.41) is 1.11. The smallest absolute Gasteiger partial charge is 0.359 e. The van der Waals surface area contributed by atoms with Gasteiger partial charge in [-0.05, 0) is 0 Å². The molecule has 0 aliphatic rings. The Morgan fingerprint density at radius 1 is 1.69 bits per heavy atom. The highest BCUT2D eigenvalue weighted by Crippen LogP contribution is 2.17. The molecule has 0 atom stereocenters. The number of esters is 1. The van der Waals surface area contributed by atoms with Gasteiger partial charge in [0.25, 0.3) is 0 Å². The Labute approximate surface area is 77.4 Å². The van der Waals surface area contributed by atoms with Gasteiger partial charge in [-0.15, -0.1) is 11.3 Å². The molecule has 0 aliphatic carbocycles. The molecule has 13 heavy (non-hydrogen) atoms. The molecule has 1 heterocycles. The number of carbonyl (C=O) groups excluding carboxylic acids is 1. The van der Waals surface area contributed by atoms with Crippen molar-refractivity contribution in [2.45, 2.75) is 4.34 Å². The Kier molecular flexibility index (Phi) is 2.62. The number of nitrogens with zero attached hydrogens (tertiary/aromatic N) is 1. The van der Waals surface area contributed by atoms with E-state index in [9.17, 15) is 17.1 Å². The van der Waals surface area contributed by atoms with E-state index < -0.39 is 20.5 Å². The first-order valence-electron chi connectivity index (χ1n) is 2.93. The number of aromatic nitrogens is 1. The summed E-state index contributed by atoms with van der Waals surface area (Å²) in [4.78, 5) is 14.0. The lowest BCUT2D eigenvalue weighted by atomic mass is 10.5. The van der Waals surface area contributed by atoms with Crippen molar-refractivity contribution >= 4 is 27.5 Å². The van der Waals surface area contributed by atoms with Crippen LogP contribution in [0.3, 0.4) is 0 Å². The van der Waals surface area contributed by atoms with E-state index in [1.165, 1.54) is 0 Å². The van der Waals surface area contributed by atoms with Crippen molar-refractivity contribution < 1.29 is 21.8 Å². The van der Waals surface area contributed by atoms with Crippen molar-refractivity contribution in [1.29, 1.82) is 0 Å². The number of carbonyl (C=O) groups is 1. The summed E-state index contributed by atoms with van der Waals surface area (Å²) in [6, 6.07) is 0. The standard InChI is InChI=1S/C5H4FNO4S2/c1-11-4(8)3-2-12-5(7-3)13(6,9)10/h2H,1H3. The largest absolute Gasteiger partial charge is 0.464 e. The van der Waals surface area contributed by atoms with Crippen molar-refractivity contribution in [1.82, 2.24) is 4.98 Å². The fourth-order valence-corrected chi connectivity index (χ4v) is 1.89. The first-order chi connectivity index (χ1) is 5.95. The summed E-state index contributed by atoms with van der Waals surface area (Å²) in [6.07, 6.45) is 0. The predicted molar refractivity (Wildman–Crippen MR) is 41.7 cm³/mol. The van der Waals surface area contributed by atoms with Crippen LogP contribution in [0.1, 0.15) is 10.5 Å². The van der Waals surface area contributed by atoms with Gasteiger partial charge >= 0.3 is 16.2 Å². The second-order valence-corrected chi connectivity index (χ2v) is 4.31. The van der Waals surface area contributed by atoms with Crippen LogP contribution < -0.4 is 0 Å². The lowest BCUT2D eigenvalue weighted by Gasteiger charge is -1.90. The third-order valence-electron chi connectivity index (χ3n) is 1.09. The third kappa shape index (κ3) is 2.22. The van der Waals surface area contributed by atoms with E-state index in [1.54, 1.807) is 0 Å². The van der Waals surface area contributed by atoms with Crippen molar-refractivity contribution in [3.05, 3.63) is 11.1 Å². The van der Waals surface area contributed by atoms with Crippen LogP contribution >= 0.6 is 11.3 Å². The number of ether oxygens (including phenoxy) is 1. The molecule has 0 spiro atoms. The van der Waals surface area contributed by atoms with Gasteiger partial charge in [0.2, 0.25) is 4.34 Å². The fraction of sp³-hybridized carbons (Fsp3) is 0.200. The minimum absolute atomic E-state index is 0.219. The lowest BCUT2D eigenvalue weighted by Crippen LogP contribution is -2.02. The van der Waals surface area contributed by atoms with Gasteiger partial charge in [0.1, 0.15) is 0 Å². The van der Waals surface area contributed by atoms with Crippen LogP contribution in [0.15, 0.2) is 9.72 Å². The van der Waals surface area contributed by atoms with Crippen molar-refractivity contribution in [2.24, 2.45) is 0 Å². The Bertz CT molecular complexity index is 423. The first kappa shape index (κ1) is 10.1. The monoisotopic (exact) mass is 225 g/mol. The van der Waals surface area contributed by atoms with E-state index in [-0.39, 0.29) is 5.69 Å². The average Bonchev–Trinajstić information content (AvgIpc) is 2.50. The zero-order valence-electron chi connectivity index (χ0n) is 6.35. The summed E-state index contributed by atoms with van der Waals surface area (Å²) in [6.45, 7) is 0. The lowest BCUT2D eigenvalue weighted by molar-refractivity contribution is 0.0594. The molecule has 0 aliphatic heterocycles. The molecule has 1 aromatic heterocycles. The molecule has 0 aromatic carbocycles. The Morgan fingerprint density at radius 2 is 2.31 bits per heavy atom. The summed E-state index contributed by atoms with van der Waals surface area (Å²) >= 11 is 0.525. The highest BCUT2D eigenvalue weighted by Gasteiger charge is 2.20. The second kappa shape index (κ2) is 3.38. The van der Waals surface area contributed by atoms with Crippen LogP contribution in [0.2, 0.25) is 0 Å². The number of hydrogen-bond donors (Lipinski definition) is 0. The first-order valence-corrected chi connectivity index (χ1v) is 5.20. The average molecular weight is 225 g/mol. The van der Waals surface area contributed by atoms with E-state index in [0.29, 0.717) is 11.3 Å². The molecule has 8 heteroatoms. The van der Waals surface area contributed by atoms with E-state index in [2.05, 4.69) is 9.72 Å². The van der Waals surface area contributed by atoms with Crippen LogP contribution in [0, 0.1) is 0 Å². The van der Waals surface area contributed by atoms with Gasteiger partial charge in [-0.2, -0.15) is 8.42 Å². The van der Waals surface area contributed by atoms with E-state index >= 15 is 0 Å². The molecule has 0 radical (unpaired) electrons. The molecule has 0 unspecified atom stereocenters. The van der Waals surface area contributed by atoms with Crippen LogP contribution in [-0.4, -0.2) is 26.5 Å². The van der Waals surface area contributed by atoms with E-state index in [1.807, 2.05) is 0 Å². The molecule has 0 saturated heterocycles. The van der Waals surface area contributed by atoms with Gasteiger partial charge in [-0.25, -0.2) is 9.78 Å². The van der Waals surface area contributed by atoms with Gasteiger partial charge in [-0.1, -0.05) is 3.89 Å². The zero-order chi connectivity index (χ0) is 10.1. The molecule has 0 saturated carbocycles. The van der Waals surface area contributed by atoms with Crippen molar-refractivity contribution in [2.75, 3.05) is 7.11 Å². The minimum Gasteiger partial charge on any atom is -0.464 e. The van der Waals surface area contributed by atoms with Gasteiger partial charge in [-0.3, -0.25) is 0 Å². The number of thiazole rings is 1. The van der Waals surface area contributed by atoms with Crippen LogP contribution in [0.5, 0.6) is 0 Å². The number of methoxy groups -OCH3 is 1. The quantitative estimate of drug-likeness (QED) is 0.544. The Morgan fingerprint density at radius 3 is 2.69 bits per heavy atom. The highest BCUT2D eigenvalue weighted by atomic mass is 32.3. The molecule has 0 N–H and O–H groups in total. The number of hydrogen-bond acceptors (Lipinski definition) is 6. The molecule has 0 fully saturated rings. The van der Waals surface area contributed by atoms with Gasteiger partial charge in [0.15, 0.2) is 5.69 Å². The predicted octanol–water partition coefficient (Wildman–Crippen LogP) is 0.588. The molecule has 1 rings (SSSR count). The maximum atomic E-state index is 12.3. The summed E-state index contributed by atoms with van der Waals surface area (Å²) < 4.78 is 36.3. The van der Waals surface area contributed by atoms with Crippen LogP contribution in [0.4, 0.5) is 3.89 Å². The number of rotatable bonds is 2. The normalized spacial score (nSPS) is 11.2. The Hall–Kier alpha value is -1.02. The van der Waals surface area contributed by atoms with Crippen LogP contribution in [0.25, 0.3) is 0 Å². The molecular formula is C5H4FNO4S2. The topological polar surface area (TPSA) is 73.3 Å². The van der Waals surface area contributed by atoms with Crippen LogP contribution in [-0.2, 0) is 15.0 Å². The summed E-state index contributed by atoms with van der Waals surface area (Å²) in [7, 11) is -3.71. The van der Waals surface area contributed by atoms with Gasteiger partial charge in [0.05, 0.1) is 7.11 Å². The summed E-state index contributed by atoms with van der Waals surface area (Å²) in [5.74, 6) is -0.800. The second-order valence-electron chi connectivity index (χ2n) is 1.93. The Balaban J connectivity index is 3.07. The molecule has 0 bridgehead atoms. The fourth-order valence-electron chi connectivity index (χ4n) is 0.568. The highest BCUT2D eigenvalue weighted by molar-refractivity contribution is 7.88. The number of halogens is 1. The van der Waals surface area contributed by atoms with Crippen molar-refractivity contribution in [3.8, 4) is 0 Å². The molecular weight excluding hydrogens is 221 g/mol. The third-order valence-corrected chi connectivity index (χ3v) is 3.11. The SMILES string of the molecule is COC(=O)c1csc(S(=O)(=O)F)n1. The maximum absolute atomic E-state index is 12.3. The molecule has 5 nitrogen and oxygen atoms in total.